The maximum atomic E-state index is 11.7. The van der Waals surface area contributed by atoms with E-state index < -0.39 is 6.85 Å². The van der Waals surface area contributed by atoms with Gasteiger partial charge in [0.2, 0.25) is 0 Å². The van der Waals surface area contributed by atoms with Gasteiger partial charge in [-0.1, -0.05) is 52.0 Å². The molecule has 0 unspecified atom stereocenters. The van der Waals surface area contributed by atoms with Gasteiger partial charge in [0.1, 0.15) is 5.52 Å². The molecule has 1 radical (unpaired) electrons. The van der Waals surface area contributed by atoms with E-state index in [1.807, 2.05) is 70.2 Å². The van der Waals surface area contributed by atoms with Crippen molar-refractivity contribution in [1.29, 1.82) is 0 Å². The molecule has 0 spiro atoms. The van der Waals surface area contributed by atoms with E-state index >= 15 is 0 Å². The van der Waals surface area contributed by atoms with Gasteiger partial charge in [-0.05, 0) is 54.2 Å². The molecule has 0 fully saturated rings. The van der Waals surface area contributed by atoms with Gasteiger partial charge in [-0.2, -0.15) is 0 Å². The molecule has 0 aliphatic heterocycles. The van der Waals surface area contributed by atoms with Crippen LogP contribution in [0.3, 0.4) is 0 Å². The zero-order chi connectivity index (χ0) is 30.4. The van der Waals surface area contributed by atoms with Crippen LogP contribution in [0.25, 0.3) is 43.0 Å². The zero-order valence-corrected chi connectivity index (χ0v) is 26.3. The van der Waals surface area contributed by atoms with Crippen LogP contribution in [0, 0.1) is 24.8 Å². The number of thiophene rings is 1. The third-order valence-corrected chi connectivity index (χ3v) is 7.90. The van der Waals surface area contributed by atoms with Gasteiger partial charge >= 0.3 is 0 Å². The molecule has 211 valence electrons. The molecular weight excluding hydrogens is 697 g/mol. The topological polar surface area (TPSA) is 88.9 Å². The number of aliphatic hydroxyl groups excluding tert-OH is 1. The molecule has 0 aliphatic carbocycles. The van der Waals surface area contributed by atoms with E-state index in [-0.39, 0.29) is 60.3 Å². The smallest absolute Gasteiger partial charge is 0.173 e. The van der Waals surface area contributed by atoms with Gasteiger partial charge in [0, 0.05) is 42.1 Å². The first-order valence-corrected chi connectivity index (χ1v) is 14.2. The summed E-state index contributed by atoms with van der Waals surface area (Å²) >= 11 is 1.47. The Hall–Kier alpha value is -3.06. The van der Waals surface area contributed by atoms with Crippen molar-refractivity contribution in [3.8, 4) is 10.7 Å². The fourth-order valence-corrected chi connectivity index (χ4v) is 5.35. The second-order valence-electron chi connectivity index (χ2n) is 9.33. The molecule has 0 amide bonds. The number of fused-ring (bicyclic) bond motifs is 3. The molecule has 40 heavy (non-hydrogen) atoms. The number of ketones is 1. The van der Waals surface area contributed by atoms with Crippen LogP contribution in [0.5, 0.6) is 0 Å². The van der Waals surface area contributed by atoms with E-state index in [0.29, 0.717) is 21.7 Å². The van der Waals surface area contributed by atoms with Crippen LogP contribution in [-0.2, 0) is 24.9 Å². The molecule has 3 aromatic heterocycles. The maximum absolute atomic E-state index is 11.7. The largest absolute Gasteiger partial charge is 0.512 e. The van der Waals surface area contributed by atoms with Crippen LogP contribution in [0.15, 0.2) is 60.4 Å². The van der Waals surface area contributed by atoms with Gasteiger partial charge in [0.15, 0.2) is 11.4 Å². The van der Waals surface area contributed by atoms with E-state index in [2.05, 4.69) is 26.0 Å². The summed E-state index contributed by atoms with van der Waals surface area (Å²) in [4.78, 5) is 30.2. The van der Waals surface area contributed by atoms with E-state index in [0.717, 1.165) is 35.8 Å². The van der Waals surface area contributed by atoms with Crippen LogP contribution in [-0.4, -0.2) is 30.8 Å². The minimum absolute atomic E-state index is 0. The predicted octanol–water partition coefficient (Wildman–Crippen LogP) is 8.43. The predicted molar refractivity (Wildman–Crippen MR) is 161 cm³/mol. The summed E-state index contributed by atoms with van der Waals surface area (Å²) < 4.78 is 24.7. The first kappa shape index (κ1) is 27.1. The van der Waals surface area contributed by atoms with E-state index in [4.69, 9.17) is 4.11 Å². The number of aliphatic hydroxyl groups is 1. The molecule has 0 saturated carbocycles. The second-order valence-corrected chi connectivity index (χ2v) is 10.4. The Morgan fingerprint density at radius 2 is 1.55 bits per heavy atom. The van der Waals surface area contributed by atoms with Crippen molar-refractivity contribution < 1.29 is 34.1 Å². The normalized spacial score (nSPS) is 13.1. The van der Waals surface area contributed by atoms with Gasteiger partial charge in [-0.15, -0.1) is 23.6 Å². The zero-order valence-electron chi connectivity index (χ0n) is 26.1. The van der Waals surface area contributed by atoms with Crippen LogP contribution < -0.4 is 0 Å². The monoisotopic (exact) mass is 735 g/mol. The second kappa shape index (κ2) is 14.5. The number of nitrogens with zero attached hydrogens (tertiary/aromatic N) is 4. The first-order valence-electron chi connectivity index (χ1n) is 14.9. The molecule has 0 bridgehead atoms. The Morgan fingerprint density at radius 1 is 0.925 bits per heavy atom. The Kier molecular flexibility index (Phi) is 9.86. The Balaban J connectivity index is 0.000000274. The standard InChI is InChI=1S/C19H11N4S.C13H24O2.Ir/c1-11-17-19(22-14-8-4-3-7-13(14)21-17)23-18(20-11)16-10-12-6-2-5-9-15(12)24-16;1-5-10(6-2)12(14)9-13(15)11(7-3)8-4;/h2-9H,1H3;9-11,14H,5-8H2,1-4H3;/q-1;;/b;12-9-;/i1D3;;. The van der Waals surface area contributed by atoms with Crippen molar-refractivity contribution in [2.75, 3.05) is 0 Å². The van der Waals surface area contributed by atoms with Gasteiger partial charge in [0.05, 0.1) is 28.3 Å². The fraction of sp³-hybridized carbons (Fsp3) is 0.344. The quantitative estimate of drug-likeness (QED) is 0.0746. The number of aryl methyl sites for hydroxylation is 1. The average molecular weight is 735 g/mol. The number of carbonyl (C=O) groups excluding carboxylic acids is 1. The molecule has 3 heterocycles. The third-order valence-electron chi connectivity index (χ3n) is 6.84. The van der Waals surface area contributed by atoms with E-state index in [9.17, 15) is 9.90 Å². The van der Waals surface area contributed by atoms with Crippen LogP contribution in [0.4, 0.5) is 0 Å². The minimum Gasteiger partial charge on any atom is -0.512 e. The Morgan fingerprint density at radius 3 is 2.17 bits per heavy atom. The summed E-state index contributed by atoms with van der Waals surface area (Å²) in [7, 11) is 0. The number of para-hydroxylation sites is 2. The first-order chi connectivity index (χ1) is 20.1. The number of allylic oxidation sites excluding steroid dienone is 2. The molecule has 2 aromatic carbocycles. The molecule has 8 heteroatoms. The third kappa shape index (κ3) is 7.17. The van der Waals surface area contributed by atoms with Crippen LogP contribution in [0.1, 0.15) is 63.2 Å². The molecular formula is C32H35IrN4O2S-. The minimum atomic E-state index is -2.43. The number of hydrogen-bond donors (Lipinski definition) is 1. The molecule has 0 aliphatic rings. The van der Waals surface area contributed by atoms with Gasteiger partial charge < -0.3 is 5.11 Å². The molecule has 5 aromatic rings. The summed E-state index contributed by atoms with van der Waals surface area (Å²) in [5.74, 6) is 0.852. The van der Waals surface area contributed by atoms with E-state index in [1.165, 1.54) is 17.4 Å². The van der Waals surface area contributed by atoms with Crippen molar-refractivity contribution in [3.63, 3.8) is 0 Å². The van der Waals surface area contributed by atoms with Gasteiger partial charge in [-0.3, -0.25) is 14.8 Å². The summed E-state index contributed by atoms with van der Waals surface area (Å²) in [6.45, 7) is 5.64. The van der Waals surface area contributed by atoms with Crippen molar-refractivity contribution in [1.82, 2.24) is 19.9 Å². The number of rotatable bonds is 8. The van der Waals surface area contributed by atoms with Crippen molar-refractivity contribution >= 4 is 49.4 Å². The van der Waals surface area contributed by atoms with Crippen molar-refractivity contribution in [2.24, 2.45) is 11.8 Å². The summed E-state index contributed by atoms with van der Waals surface area (Å²) in [5.41, 5.74) is 1.66. The Labute approximate surface area is 257 Å². The SMILES string of the molecule is CCC(CC)C(=O)/C=C(\O)C(CC)CC.[2H]C([2H])([2H])c1nc(-c2[c-]c3ccccc3s2)nc2nc3ccccc3nc12.[Ir]. The fourth-order valence-electron chi connectivity index (χ4n) is 4.41. The summed E-state index contributed by atoms with van der Waals surface area (Å²) in [5, 5.41) is 10.7. The van der Waals surface area contributed by atoms with Crippen LogP contribution >= 0.6 is 11.3 Å². The molecule has 5 rings (SSSR count). The number of carbonyl (C=O) groups is 1. The Bertz CT molecular complexity index is 1700. The average Bonchev–Trinajstić information content (AvgIpc) is 3.41. The number of benzene rings is 2. The van der Waals surface area contributed by atoms with Crippen molar-refractivity contribution in [2.45, 2.75) is 60.2 Å². The summed E-state index contributed by atoms with van der Waals surface area (Å²) in [6.07, 6.45) is 4.91. The van der Waals surface area contributed by atoms with Gasteiger partial charge in [-0.25, -0.2) is 21.3 Å². The van der Waals surface area contributed by atoms with Crippen LogP contribution in [0.2, 0.25) is 0 Å². The molecule has 1 N–H and O–H groups in total. The molecule has 6 nitrogen and oxygen atoms in total. The van der Waals surface area contributed by atoms with E-state index in [1.54, 1.807) is 6.07 Å². The van der Waals surface area contributed by atoms with Gasteiger partial charge in [0.25, 0.3) is 0 Å². The maximum Gasteiger partial charge on any atom is 0.173 e. The molecule has 0 atom stereocenters. The molecule has 0 saturated heterocycles. The number of hydrogen-bond acceptors (Lipinski definition) is 7. The van der Waals surface area contributed by atoms with Crippen molar-refractivity contribution in [3.05, 3.63) is 72.1 Å². The summed E-state index contributed by atoms with van der Waals surface area (Å²) in [6, 6.07) is 18.4. The number of aromatic nitrogens is 4.